The molecule has 0 saturated carbocycles. The summed E-state index contributed by atoms with van der Waals surface area (Å²) in [6.45, 7) is 4.12. The van der Waals surface area contributed by atoms with Gasteiger partial charge >= 0.3 is 0 Å². The predicted molar refractivity (Wildman–Crippen MR) is 115 cm³/mol. The van der Waals surface area contributed by atoms with Gasteiger partial charge in [0.1, 0.15) is 29.4 Å². The van der Waals surface area contributed by atoms with Crippen LogP contribution in [0.2, 0.25) is 0 Å². The largest absolute Gasteiger partial charge is 0.505 e. The van der Waals surface area contributed by atoms with Crippen LogP contribution in [-0.2, 0) is 0 Å². The fourth-order valence-electron chi connectivity index (χ4n) is 3.23. The Morgan fingerprint density at radius 1 is 0.966 bits per heavy atom. The smallest absolute Gasteiger partial charge is 0.147 e. The average Bonchev–Trinajstić information content (AvgIpc) is 2.78. The van der Waals surface area contributed by atoms with Crippen LogP contribution in [0.5, 0.6) is 11.5 Å². The van der Waals surface area contributed by atoms with Crippen LogP contribution in [0.15, 0.2) is 91.8 Å². The van der Waals surface area contributed by atoms with Crippen LogP contribution < -0.4 is 10.1 Å². The van der Waals surface area contributed by atoms with Gasteiger partial charge in [-0.25, -0.2) is 4.98 Å². The third kappa shape index (κ3) is 4.04. The van der Waals surface area contributed by atoms with E-state index in [-0.39, 0.29) is 11.8 Å². The summed E-state index contributed by atoms with van der Waals surface area (Å²) in [4.78, 5) is 8.73. The summed E-state index contributed by atoms with van der Waals surface area (Å²) >= 11 is 0. The highest BCUT2D eigenvalue weighted by Crippen LogP contribution is 2.36. The minimum atomic E-state index is -0.315. The van der Waals surface area contributed by atoms with Gasteiger partial charge in [0.05, 0.1) is 6.04 Å². The van der Waals surface area contributed by atoms with Crippen LogP contribution >= 0.6 is 0 Å². The van der Waals surface area contributed by atoms with Gasteiger partial charge in [0.25, 0.3) is 0 Å². The second kappa shape index (κ2) is 8.44. The minimum Gasteiger partial charge on any atom is -0.505 e. The molecule has 1 unspecified atom stereocenters. The lowest BCUT2D eigenvalue weighted by Gasteiger charge is -2.22. The Labute approximate surface area is 169 Å². The Balaban J connectivity index is 1.76. The first-order valence-corrected chi connectivity index (χ1v) is 9.34. The molecule has 144 valence electrons. The first-order valence-electron chi connectivity index (χ1n) is 9.34. The topological polar surface area (TPSA) is 67.3 Å². The molecule has 0 aliphatic carbocycles. The highest BCUT2D eigenvalue weighted by Gasteiger charge is 2.20. The van der Waals surface area contributed by atoms with E-state index >= 15 is 0 Å². The van der Waals surface area contributed by atoms with Crippen molar-refractivity contribution in [1.82, 2.24) is 9.97 Å². The van der Waals surface area contributed by atoms with Gasteiger partial charge < -0.3 is 15.2 Å². The maximum Gasteiger partial charge on any atom is 0.147 e. The average molecular weight is 383 g/mol. The highest BCUT2D eigenvalue weighted by molar-refractivity contribution is 5.86. The number of hydrogen-bond donors (Lipinski definition) is 2. The summed E-state index contributed by atoms with van der Waals surface area (Å²) in [5.74, 6) is 1.63. The molecule has 0 saturated heterocycles. The molecule has 0 fully saturated rings. The van der Waals surface area contributed by atoms with Crippen LogP contribution in [0.4, 0.5) is 5.82 Å². The number of pyridine rings is 2. The van der Waals surface area contributed by atoms with Crippen molar-refractivity contribution in [2.75, 3.05) is 11.9 Å². The van der Waals surface area contributed by atoms with Gasteiger partial charge in [-0.3, -0.25) is 4.98 Å². The number of aromatic nitrogens is 2. The van der Waals surface area contributed by atoms with Gasteiger partial charge in [-0.05, 0) is 35.9 Å². The number of phenols is 1. The van der Waals surface area contributed by atoms with E-state index in [0.29, 0.717) is 17.9 Å². The van der Waals surface area contributed by atoms with Crippen LogP contribution in [0.3, 0.4) is 0 Å². The summed E-state index contributed by atoms with van der Waals surface area (Å²) in [7, 11) is 0. The summed E-state index contributed by atoms with van der Waals surface area (Å²) in [6, 6.07) is 20.8. The maximum atomic E-state index is 11.0. The van der Waals surface area contributed by atoms with Crippen molar-refractivity contribution >= 4 is 16.7 Å². The molecule has 4 aromatic rings. The zero-order valence-electron chi connectivity index (χ0n) is 15.8. The van der Waals surface area contributed by atoms with Gasteiger partial charge in [-0.15, -0.1) is 0 Å². The fourth-order valence-corrected chi connectivity index (χ4v) is 3.23. The lowest BCUT2D eigenvalue weighted by molar-refractivity contribution is 0.363. The molecule has 0 spiro atoms. The van der Waals surface area contributed by atoms with Crippen molar-refractivity contribution in [2.45, 2.75) is 6.04 Å². The number of aromatic hydroxyl groups is 1. The second-order valence-electron chi connectivity index (χ2n) is 6.54. The number of ether oxygens (including phenoxy) is 1. The Bertz CT molecular complexity index is 1110. The van der Waals surface area contributed by atoms with Crippen molar-refractivity contribution < 1.29 is 9.84 Å². The van der Waals surface area contributed by atoms with Gasteiger partial charge in [0.2, 0.25) is 0 Å². The normalized spacial score (nSPS) is 11.7. The Hall–Kier alpha value is -3.86. The van der Waals surface area contributed by atoms with Crippen LogP contribution in [0.25, 0.3) is 10.9 Å². The minimum absolute atomic E-state index is 0.156. The molecule has 4 rings (SSSR count). The standard InChI is InChI=1S/C24H21N3O2/c1-2-16-29-19-11-8-18(9-12-19)22(27-21-7-3-4-14-25-21)20-13-10-17-6-5-15-26-23(17)24(20)28/h2-15,22,28H,1,16H2,(H,25,27). The van der Waals surface area contributed by atoms with E-state index in [9.17, 15) is 5.11 Å². The fraction of sp³-hybridized carbons (Fsp3) is 0.0833. The van der Waals surface area contributed by atoms with E-state index in [4.69, 9.17) is 4.74 Å². The number of nitrogens with zero attached hydrogens (tertiary/aromatic N) is 2. The molecule has 1 atom stereocenters. The molecular formula is C24H21N3O2. The summed E-state index contributed by atoms with van der Waals surface area (Å²) in [5, 5.41) is 15.3. The maximum absolute atomic E-state index is 11.0. The Morgan fingerprint density at radius 2 is 1.79 bits per heavy atom. The monoisotopic (exact) mass is 383 g/mol. The van der Waals surface area contributed by atoms with E-state index in [1.165, 1.54) is 0 Å². The van der Waals surface area contributed by atoms with E-state index in [1.54, 1.807) is 18.5 Å². The molecule has 5 nitrogen and oxygen atoms in total. The number of fused-ring (bicyclic) bond motifs is 1. The lowest BCUT2D eigenvalue weighted by atomic mass is 9.96. The SMILES string of the molecule is C=CCOc1ccc(C(Nc2ccccn2)c2ccc3cccnc3c2O)cc1. The molecule has 0 aliphatic heterocycles. The number of rotatable bonds is 7. The van der Waals surface area contributed by atoms with Gasteiger partial charge in [-0.2, -0.15) is 0 Å². The Kier molecular flexibility index (Phi) is 5.38. The Morgan fingerprint density at radius 3 is 2.55 bits per heavy atom. The van der Waals surface area contributed by atoms with E-state index in [1.807, 2.05) is 66.7 Å². The van der Waals surface area contributed by atoms with Crippen LogP contribution in [0.1, 0.15) is 17.2 Å². The van der Waals surface area contributed by atoms with E-state index < -0.39 is 0 Å². The predicted octanol–water partition coefficient (Wildman–Crippen LogP) is 5.10. The summed E-state index contributed by atoms with van der Waals surface area (Å²) < 4.78 is 5.59. The first kappa shape index (κ1) is 18.5. The summed E-state index contributed by atoms with van der Waals surface area (Å²) in [6.07, 6.45) is 5.12. The van der Waals surface area contributed by atoms with Crippen molar-refractivity contribution in [2.24, 2.45) is 0 Å². The van der Waals surface area contributed by atoms with Crippen molar-refractivity contribution in [3.8, 4) is 11.5 Å². The van der Waals surface area contributed by atoms with Gasteiger partial charge in [0, 0.05) is 23.3 Å². The highest BCUT2D eigenvalue weighted by atomic mass is 16.5. The molecule has 0 bridgehead atoms. The van der Waals surface area contributed by atoms with E-state index in [2.05, 4.69) is 21.9 Å². The molecule has 29 heavy (non-hydrogen) atoms. The molecule has 2 aromatic heterocycles. The number of anilines is 1. The molecule has 0 aliphatic rings. The second-order valence-corrected chi connectivity index (χ2v) is 6.54. The number of benzene rings is 2. The van der Waals surface area contributed by atoms with Gasteiger partial charge in [0.15, 0.2) is 0 Å². The molecule has 0 amide bonds. The molecule has 5 heteroatoms. The van der Waals surface area contributed by atoms with Crippen molar-refractivity contribution in [1.29, 1.82) is 0 Å². The number of phenolic OH excluding ortho intramolecular Hbond substituents is 1. The number of nitrogens with one attached hydrogen (secondary N) is 1. The third-order valence-corrected chi connectivity index (χ3v) is 4.63. The summed E-state index contributed by atoms with van der Waals surface area (Å²) in [5.41, 5.74) is 2.26. The third-order valence-electron chi connectivity index (χ3n) is 4.63. The quantitative estimate of drug-likeness (QED) is 0.435. The zero-order valence-corrected chi connectivity index (χ0v) is 15.8. The van der Waals surface area contributed by atoms with Crippen molar-refractivity contribution in [3.05, 3.63) is 103 Å². The van der Waals surface area contributed by atoms with Crippen LogP contribution in [0, 0.1) is 0 Å². The zero-order chi connectivity index (χ0) is 20.1. The number of hydrogen-bond acceptors (Lipinski definition) is 5. The van der Waals surface area contributed by atoms with E-state index in [0.717, 1.165) is 22.3 Å². The van der Waals surface area contributed by atoms with Crippen molar-refractivity contribution in [3.63, 3.8) is 0 Å². The molecule has 2 aromatic carbocycles. The molecule has 0 radical (unpaired) electrons. The lowest BCUT2D eigenvalue weighted by Crippen LogP contribution is -2.13. The molecule has 2 N–H and O–H groups in total. The molecule has 2 heterocycles. The van der Waals surface area contributed by atoms with Gasteiger partial charge in [-0.1, -0.05) is 49.1 Å². The molecular weight excluding hydrogens is 362 g/mol. The van der Waals surface area contributed by atoms with Crippen LogP contribution in [-0.4, -0.2) is 21.7 Å². The first-order chi connectivity index (χ1) is 14.3.